The number of halogens is 2. The minimum absolute atomic E-state index is 0.256. The normalized spacial score (nSPS) is 10.6. The van der Waals surface area contributed by atoms with E-state index in [1.807, 2.05) is 0 Å². The molecule has 1 aromatic carbocycles. The predicted octanol–water partition coefficient (Wildman–Crippen LogP) is 3.42. The van der Waals surface area contributed by atoms with Crippen LogP contribution in [0.5, 0.6) is 5.75 Å². The summed E-state index contributed by atoms with van der Waals surface area (Å²) < 4.78 is 19.2. The summed E-state index contributed by atoms with van der Waals surface area (Å²) in [4.78, 5) is 5.15. The van der Waals surface area contributed by atoms with Gasteiger partial charge in [0.2, 0.25) is 0 Å². The van der Waals surface area contributed by atoms with Crippen LogP contribution in [0.15, 0.2) is 22.8 Å². The summed E-state index contributed by atoms with van der Waals surface area (Å²) in [5.74, 6) is 0.443. The van der Waals surface area contributed by atoms with E-state index in [0.717, 1.165) is 21.5 Å². The first-order valence-corrected chi connectivity index (χ1v) is 6.94. The topological polar surface area (TPSA) is 48.1 Å². The summed E-state index contributed by atoms with van der Waals surface area (Å²) in [6.45, 7) is 0. The highest BCUT2D eigenvalue weighted by Crippen LogP contribution is 2.28. The largest absolute Gasteiger partial charge is 0.496 e. The first kappa shape index (κ1) is 13.3. The number of aromatic nitrogens is 1. The van der Waals surface area contributed by atoms with E-state index < -0.39 is 0 Å². The van der Waals surface area contributed by atoms with Crippen molar-refractivity contribution in [2.75, 3.05) is 12.8 Å². The van der Waals surface area contributed by atoms with Crippen molar-refractivity contribution in [3.63, 3.8) is 0 Å². The van der Waals surface area contributed by atoms with Crippen LogP contribution in [0.1, 0.15) is 10.4 Å². The van der Waals surface area contributed by atoms with E-state index in [1.54, 1.807) is 13.2 Å². The maximum absolute atomic E-state index is 13.2. The summed E-state index contributed by atoms with van der Waals surface area (Å²) >= 11 is 4.79. The average Bonchev–Trinajstić information content (AvgIpc) is 2.65. The van der Waals surface area contributed by atoms with Gasteiger partial charge in [-0.05, 0) is 52.5 Å². The van der Waals surface area contributed by atoms with Gasteiger partial charge in [0.25, 0.3) is 0 Å². The zero-order chi connectivity index (χ0) is 13.1. The van der Waals surface area contributed by atoms with Gasteiger partial charge >= 0.3 is 0 Å². The van der Waals surface area contributed by atoms with Crippen LogP contribution in [0.4, 0.5) is 9.52 Å². The molecule has 0 saturated carbocycles. The SMILES string of the molecule is COc1ccc(F)cc1CCc1sc(N)nc1Br. The number of nitrogen functional groups attached to an aromatic ring is 1. The Labute approximate surface area is 117 Å². The summed E-state index contributed by atoms with van der Waals surface area (Å²) in [6, 6.07) is 4.53. The molecule has 2 rings (SSSR count). The standard InChI is InChI=1S/C12H12BrFN2OS/c1-17-9-4-3-8(14)6-7(9)2-5-10-11(13)16-12(15)18-10/h3-4,6H,2,5H2,1H3,(H2,15,16). The van der Waals surface area contributed by atoms with Crippen LogP contribution >= 0.6 is 27.3 Å². The molecule has 1 heterocycles. The van der Waals surface area contributed by atoms with Crippen LogP contribution in [0.25, 0.3) is 0 Å². The lowest BCUT2D eigenvalue weighted by molar-refractivity contribution is 0.408. The zero-order valence-corrected chi connectivity index (χ0v) is 12.1. The zero-order valence-electron chi connectivity index (χ0n) is 9.74. The number of aryl methyl sites for hydroxylation is 2. The van der Waals surface area contributed by atoms with E-state index in [-0.39, 0.29) is 5.82 Å². The van der Waals surface area contributed by atoms with Gasteiger partial charge in [0.15, 0.2) is 5.13 Å². The van der Waals surface area contributed by atoms with Crippen molar-refractivity contribution in [3.8, 4) is 5.75 Å². The van der Waals surface area contributed by atoms with Gasteiger partial charge in [-0.1, -0.05) is 0 Å². The molecule has 2 N–H and O–H groups in total. The van der Waals surface area contributed by atoms with E-state index in [2.05, 4.69) is 20.9 Å². The van der Waals surface area contributed by atoms with E-state index >= 15 is 0 Å². The Morgan fingerprint density at radius 3 is 2.83 bits per heavy atom. The molecule has 0 radical (unpaired) electrons. The van der Waals surface area contributed by atoms with Crippen molar-refractivity contribution >= 4 is 32.4 Å². The average molecular weight is 331 g/mol. The fourth-order valence-corrected chi connectivity index (χ4v) is 3.17. The third-order valence-corrected chi connectivity index (χ3v) is 4.39. The van der Waals surface area contributed by atoms with Gasteiger partial charge in [-0.15, -0.1) is 11.3 Å². The Morgan fingerprint density at radius 2 is 2.22 bits per heavy atom. The Kier molecular flexibility index (Phi) is 4.19. The molecule has 18 heavy (non-hydrogen) atoms. The van der Waals surface area contributed by atoms with Crippen molar-refractivity contribution in [3.05, 3.63) is 39.1 Å². The van der Waals surface area contributed by atoms with Crippen LogP contribution in [0, 0.1) is 5.82 Å². The number of hydrogen-bond acceptors (Lipinski definition) is 4. The number of anilines is 1. The van der Waals surface area contributed by atoms with Crippen LogP contribution in [-0.4, -0.2) is 12.1 Å². The molecule has 2 aromatic rings. The number of hydrogen-bond donors (Lipinski definition) is 1. The van der Waals surface area contributed by atoms with Crippen LogP contribution in [-0.2, 0) is 12.8 Å². The number of benzene rings is 1. The quantitative estimate of drug-likeness (QED) is 0.934. The van der Waals surface area contributed by atoms with Crippen LogP contribution in [0.3, 0.4) is 0 Å². The second-order valence-corrected chi connectivity index (χ2v) is 5.59. The number of methoxy groups -OCH3 is 1. The molecule has 0 bridgehead atoms. The molecule has 0 saturated heterocycles. The van der Waals surface area contributed by atoms with Crippen LogP contribution in [0.2, 0.25) is 0 Å². The molecule has 0 aliphatic rings. The molecule has 0 fully saturated rings. The molecule has 0 aliphatic carbocycles. The fourth-order valence-electron chi connectivity index (χ4n) is 1.70. The smallest absolute Gasteiger partial charge is 0.181 e. The Hall–Kier alpha value is -1.14. The molecular weight excluding hydrogens is 319 g/mol. The second kappa shape index (κ2) is 5.67. The summed E-state index contributed by atoms with van der Waals surface area (Å²) in [5.41, 5.74) is 6.47. The minimum atomic E-state index is -0.256. The summed E-state index contributed by atoms with van der Waals surface area (Å²) in [7, 11) is 1.58. The van der Waals surface area contributed by atoms with Crippen molar-refractivity contribution in [1.29, 1.82) is 0 Å². The Morgan fingerprint density at radius 1 is 1.44 bits per heavy atom. The summed E-state index contributed by atoms with van der Waals surface area (Å²) in [6.07, 6.45) is 1.43. The number of rotatable bonds is 4. The molecular formula is C12H12BrFN2OS. The van der Waals surface area contributed by atoms with Crippen molar-refractivity contribution in [1.82, 2.24) is 4.98 Å². The number of ether oxygens (including phenoxy) is 1. The molecule has 0 unspecified atom stereocenters. The van der Waals surface area contributed by atoms with Gasteiger partial charge in [-0.3, -0.25) is 0 Å². The highest BCUT2D eigenvalue weighted by atomic mass is 79.9. The highest BCUT2D eigenvalue weighted by Gasteiger charge is 2.10. The van der Waals surface area contributed by atoms with Crippen molar-refractivity contribution < 1.29 is 9.13 Å². The first-order valence-electron chi connectivity index (χ1n) is 5.33. The van der Waals surface area contributed by atoms with Gasteiger partial charge in [0.1, 0.15) is 16.2 Å². The molecule has 3 nitrogen and oxygen atoms in total. The van der Waals surface area contributed by atoms with E-state index in [9.17, 15) is 4.39 Å². The lowest BCUT2D eigenvalue weighted by Crippen LogP contribution is -1.96. The predicted molar refractivity (Wildman–Crippen MR) is 74.6 cm³/mol. The Balaban J connectivity index is 2.14. The van der Waals surface area contributed by atoms with E-state index in [0.29, 0.717) is 17.3 Å². The lowest BCUT2D eigenvalue weighted by atomic mass is 10.1. The lowest BCUT2D eigenvalue weighted by Gasteiger charge is -2.07. The van der Waals surface area contributed by atoms with Crippen molar-refractivity contribution in [2.24, 2.45) is 0 Å². The molecule has 96 valence electrons. The molecule has 6 heteroatoms. The third-order valence-electron chi connectivity index (χ3n) is 2.53. The Bertz CT molecular complexity index is 559. The summed E-state index contributed by atoms with van der Waals surface area (Å²) in [5, 5.41) is 0.531. The van der Waals surface area contributed by atoms with Crippen molar-refractivity contribution in [2.45, 2.75) is 12.8 Å². The van der Waals surface area contributed by atoms with Gasteiger partial charge in [0.05, 0.1) is 7.11 Å². The maximum atomic E-state index is 13.2. The fraction of sp³-hybridized carbons (Fsp3) is 0.250. The van der Waals surface area contributed by atoms with Gasteiger partial charge in [-0.2, -0.15) is 0 Å². The monoisotopic (exact) mass is 330 g/mol. The second-order valence-electron chi connectivity index (χ2n) is 3.72. The molecule has 0 spiro atoms. The van der Waals surface area contributed by atoms with E-state index in [1.165, 1.54) is 23.5 Å². The first-order chi connectivity index (χ1) is 8.60. The molecule has 1 aromatic heterocycles. The van der Waals surface area contributed by atoms with Gasteiger partial charge in [-0.25, -0.2) is 9.37 Å². The highest BCUT2D eigenvalue weighted by molar-refractivity contribution is 9.10. The number of nitrogens with zero attached hydrogens (tertiary/aromatic N) is 1. The van der Waals surface area contributed by atoms with Gasteiger partial charge < -0.3 is 10.5 Å². The van der Waals surface area contributed by atoms with Gasteiger partial charge in [0, 0.05) is 4.88 Å². The third kappa shape index (κ3) is 3.00. The van der Waals surface area contributed by atoms with E-state index in [4.69, 9.17) is 10.5 Å². The van der Waals surface area contributed by atoms with Crippen LogP contribution < -0.4 is 10.5 Å². The maximum Gasteiger partial charge on any atom is 0.181 e. The molecule has 0 atom stereocenters. The molecule has 0 amide bonds. The number of nitrogens with two attached hydrogens (primary N) is 1. The molecule has 0 aliphatic heterocycles. The minimum Gasteiger partial charge on any atom is -0.496 e. The number of thiazole rings is 1.